The van der Waals surface area contributed by atoms with Gasteiger partial charge in [-0.3, -0.25) is 0 Å². The molecule has 0 aromatic carbocycles. The summed E-state index contributed by atoms with van der Waals surface area (Å²) in [5, 5.41) is 5.53. The molecule has 0 heterocycles. The molecule has 0 radical (unpaired) electrons. The Balaban J connectivity index is 0.723. The molecule has 4 aliphatic carbocycles. The van der Waals surface area contributed by atoms with Gasteiger partial charge in [-0.1, -0.05) is 65.5 Å². The SMILES string of the molecule is CC(C)CCC[C@@H](C)[C@H]1CC[C@H]2[C@@H]3CC=C4C[C@@H](OC(=O)NCCOCCOCCOCCOCCOCCOCCOCCOCCOCCOCCOCCOCCOCCOCCOCCOCCOCCOCCOCCOCCOCCOCCOCCNC(=O)OC(C)(C)C)CC[C@]4(C)[C@H]3CC[C@]12C. The molecule has 648 valence electrons. The highest BCUT2D eigenvalue weighted by molar-refractivity contribution is 5.67. The zero-order chi connectivity index (χ0) is 78.8. The molecule has 29 nitrogen and oxygen atoms in total. The van der Waals surface area contributed by atoms with Gasteiger partial charge in [0.15, 0.2) is 0 Å². The first-order valence-electron chi connectivity index (χ1n) is 41.6. The molecule has 0 aromatic rings. The number of ether oxygens (including phenoxy) is 25. The van der Waals surface area contributed by atoms with Gasteiger partial charge in [0.25, 0.3) is 0 Å². The largest absolute Gasteiger partial charge is 0.446 e. The van der Waals surface area contributed by atoms with Crippen LogP contribution in [0.1, 0.15) is 126 Å². The summed E-state index contributed by atoms with van der Waals surface area (Å²) in [6.45, 7) is 40.3. The molecule has 110 heavy (non-hydrogen) atoms. The van der Waals surface area contributed by atoms with Gasteiger partial charge in [0.1, 0.15) is 11.7 Å². The number of alkyl carbamates (subject to hydrolysis) is 2. The first kappa shape index (κ1) is 99.7. The first-order valence-corrected chi connectivity index (χ1v) is 41.6. The normalized spacial score (nSPS) is 20.7. The zero-order valence-electron chi connectivity index (χ0n) is 69.4. The van der Waals surface area contributed by atoms with Crippen molar-refractivity contribution >= 4 is 12.2 Å². The van der Waals surface area contributed by atoms with Gasteiger partial charge in [-0.05, 0) is 112 Å². The number of hydrogen-bond acceptors (Lipinski definition) is 27. The van der Waals surface area contributed by atoms with Crippen LogP contribution in [0.15, 0.2) is 11.6 Å². The Morgan fingerprint density at radius 1 is 0.373 bits per heavy atom. The van der Waals surface area contributed by atoms with Crippen LogP contribution in [0, 0.1) is 46.3 Å². The summed E-state index contributed by atoms with van der Waals surface area (Å²) in [6, 6.07) is 0. The lowest BCUT2D eigenvalue weighted by molar-refractivity contribution is -0.0581. The predicted molar refractivity (Wildman–Crippen MR) is 414 cm³/mol. The molecule has 0 aromatic heterocycles. The van der Waals surface area contributed by atoms with Gasteiger partial charge < -0.3 is 129 Å². The van der Waals surface area contributed by atoms with Gasteiger partial charge in [-0.15, -0.1) is 0 Å². The van der Waals surface area contributed by atoms with E-state index < -0.39 is 11.7 Å². The molecule has 3 fully saturated rings. The smallest absolute Gasteiger partial charge is 0.407 e. The number of allylic oxidation sites excluding steroid dienone is 1. The Morgan fingerprint density at radius 3 is 0.955 bits per heavy atom. The van der Waals surface area contributed by atoms with E-state index in [4.69, 9.17) is 118 Å². The first-order chi connectivity index (χ1) is 53.7. The molecule has 3 saturated carbocycles. The molecule has 0 spiro atoms. The predicted octanol–water partition coefficient (Wildman–Crippen LogP) is 9.03. The van der Waals surface area contributed by atoms with Crippen molar-refractivity contribution in [2.45, 2.75) is 138 Å². The van der Waals surface area contributed by atoms with Gasteiger partial charge in [-0.2, -0.15) is 0 Å². The number of nitrogens with one attached hydrogen (secondary N) is 2. The van der Waals surface area contributed by atoms with Crippen molar-refractivity contribution in [3.63, 3.8) is 0 Å². The summed E-state index contributed by atoms with van der Waals surface area (Å²) in [5.41, 5.74) is 1.76. The third kappa shape index (κ3) is 50.8. The molecular formula is C81H152N2O27. The van der Waals surface area contributed by atoms with Crippen LogP contribution >= 0.6 is 0 Å². The Morgan fingerprint density at radius 2 is 0.664 bits per heavy atom. The fourth-order valence-corrected chi connectivity index (χ4v) is 14.7. The summed E-state index contributed by atoms with van der Waals surface area (Å²) in [5.74, 6) is 4.92. The Labute approximate surface area is 660 Å². The Bertz CT molecular complexity index is 2160. The van der Waals surface area contributed by atoms with Crippen molar-refractivity contribution in [1.82, 2.24) is 10.6 Å². The van der Waals surface area contributed by atoms with Crippen molar-refractivity contribution in [3.8, 4) is 0 Å². The molecule has 4 aliphatic rings. The number of carbonyl (C=O) groups excluding carboxylic acids is 2. The molecule has 0 unspecified atom stereocenters. The molecule has 29 heteroatoms. The number of rotatable bonds is 78. The maximum atomic E-state index is 12.8. The van der Waals surface area contributed by atoms with Gasteiger partial charge in [0, 0.05) is 19.5 Å². The second-order valence-electron chi connectivity index (χ2n) is 30.0. The second-order valence-corrected chi connectivity index (χ2v) is 30.0. The van der Waals surface area contributed by atoms with Crippen LogP contribution in [0.3, 0.4) is 0 Å². The van der Waals surface area contributed by atoms with Crippen molar-refractivity contribution in [2.75, 3.05) is 317 Å². The van der Waals surface area contributed by atoms with E-state index in [1.54, 1.807) is 5.57 Å². The third-order valence-electron chi connectivity index (χ3n) is 20.1. The fourth-order valence-electron chi connectivity index (χ4n) is 14.7. The highest BCUT2D eigenvalue weighted by Gasteiger charge is 2.59. The maximum Gasteiger partial charge on any atom is 0.407 e. The van der Waals surface area contributed by atoms with Gasteiger partial charge >= 0.3 is 12.2 Å². The van der Waals surface area contributed by atoms with Crippen LogP contribution in [0.4, 0.5) is 9.59 Å². The average molecular weight is 1590 g/mol. The van der Waals surface area contributed by atoms with Gasteiger partial charge in [0.05, 0.1) is 304 Å². The standard InChI is InChI=1S/C81H152N2O27/c1-69(2)10-9-11-70(3)74-14-15-75-73-13-12-71-68-72(16-18-80(71,7)76(73)17-19-81(74,75)8)109-77(84)82-20-22-86-24-26-88-28-30-90-32-34-92-36-38-94-40-42-96-44-46-98-48-50-100-52-54-102-56-58-104-60-62-106-64-66-108-67-65-107-63-61-105-59-57-103-55-53-101-51-49-99-47-45-97-43-41-95-39-37-93-35-33-91-31-29-89-27-25-87-23-21-83-78(85)110-79(4,5)6/h12,69-70,72-76H,9-11,13-68H2,1-8H3,(H,82,84)(H,83,85)/t70-,72+,73+,74-,75+,76+,80+,81-/m1/s1. The van der Waals surface area contributed by atoms with E-state index in [2.05, 4.69) is 51.3 Å². The van der Waals surface area contributed by atoms with E-state index in [0.29, 0.717) is 322 Å². The molecule has 2 amide bonds. The van der Waals surface area contributed by atoms with Crippen LogP contribution in [-0.4, -0.2) is 341 Å². The minimum atomic E-state index is -0.523. The van der Waals surface area contributed by atoms with Gasteiger partial charge in [-0.25, -0.2) is 9.59 Å². The number of carbonyl (C=O) groups is 2. The number of fused-ring (bicyclic) bond motifs is 5. The van der Waals surface area contributed by atoms with Crippen molar-refractivity contribution < 1.29 is 128 Å². The highest BCUT2D eigenvalue weighted by atomic mass is 16.6. The lowest BCUT2D eigenvalue weighted by atomic mass is 9.47. The highest BCUT2D eigenvalue weighted by Crippen LogP contribution is 2.67. The average Bonchev–Trinajstić information content (AvgIpc) is 1.43. The van der Waals surface area contributed by atoms with E-state index in [9.17, 15) is 9.59 Å². The quantitative estimate of drug-likeness (QED) is 0.0424. The van der Waals surface area contributed by atoms with E-state index >= 15 is 0 Å². The van der Waals surface area contributed by atoms with E-state index in [1.165, 1.54) is 51.4 Å². The summed E-state index contributed by atoms with van der Waals surface area (Å²) in [7, 11) is 0. The summed E-state index contributed by atoms with van der Waals surface area (Å²) >= 11 is 0. The lowest BCUT2D eigenvalue weighted by Gasteiger charge is -2.58. The number of hydrogen-bond donors (Lipinski definition) is 2. The van der Waals surface area contributed by atoms with E-state index in [0.717, 1.165) is 54.8 Å². The minimum Gasteiger partial charge on any atom is -0.446 e. The molecular weight excluding hydrogens is 1430 g/mol. The van der Waals surface area contributed by atoms with E-state index in [1.807, 2.05) is 20.8 Å². The second kappa shape index (κ2) is 67.4. The molecule has 0 saturated heterocycles. The van der Waals surface area contributed by atoms with E-state index in [-0.39, 0.29) is 17.6 Å². The molecule has 4 rings (SSSR count). The maximum absolute atomic E-state index is 12.8. The number of amides is 2. The monoisotopic (exact) mass is 1590 g/mol. The summed E-state index contributed by atoms with van der Waals surface area (Å²) in [6.07, 6.45) is 15.5. The summed E-state index contributed by atoms with van der Waals surface area (Å²) < 4.78 is 139. The molecule has 0 bridgehead atoms. The topological polar surface area (TPSA) is 289 Å². The van der Waals surface area contributed by atoms with Crippen molar-refractivity contribution in [1.29, 1.82) is 0 Å². The van der Waals surface area contributed by atoms with Crippen LogP contribution in [0.25, 0.3) is 0 Å². The van der Waals surface area contributed by atoms with Crippen LogP contribution in [0.2, 0.25) is 0 Å². The van der Waals surface area contributed by atoms with Crippen molar-refractivity contribution in [2.24, 2.45) is 46.3 Å². The summed E-state index contributed by atoms with van der Waals surface area (Å²) in [4.78, 5) is 24.3. The lowest BCUT2D eigenvalue weighted by Crippen LogP contribution is -2.51. The fraction of sp³-hybridized carbons (Fsp3) is 0.951. The molecule has 0 aliphatic heterocycles. The molecule has 8 atom stereocenters. The molecule has 2 N–H and O–H groups in total. The van der Waals surface area contributed by atoms with Crippen molar-refractivity contribution in [3.05, 3.63) is 11.6 Å². The van der Waals surface area contributed by atoms with Crippen LogP contribution in [-0.2, 0) is 118 Å². The van der Waals surface area contributed by atoms with Gasteiger partial charge in [0.2, 0.25) is 0 Å². The van der Waals surface area contributed by atoms with Crippen LogP contribution in [0.5, 0.6) is 0 Å². The third-order valence-corrected chi connectivity index (χ3v) is 20.1. The van der Waals surface area contributed by atoms with Crippen LogP contribution < -0.4 is 10.6 Å². The zero-order valence-corrected chi connectivity index (χ0v) is 69.4. The minimum absolute atomic E-state index is 0.0618. The Hall–Kier alpha value is -2.64. The Kier molecular flexibility index (Phi) is 61.1.